The highest BCUT2D eigenvalue weighted by molar-refractivity contribution is 7.47. The van der Waals surface area contributed by atoms with Crippen LogP contribution in [-0.2, 0) is 65.4 Å². The zero-order valence-corrected chi connectivity index (χ0v) is 60.6. The minimum atomic E-state index is -4.95. The first-order valence-corrected chi connectivity index (χ1v) is 40.8. The third kappa shape index (κ3) is 66.5. The van der Waals surface area contributed by atoms with E-state index < -0.39 is 97.5 Å². The summed E-state index contributed by atoms with van der Waals surface area (Å²) in [6.07, 6.45) is 55.3. The Kier molecular flexibility index (Phi) is 65.2. The number of hydrogen-bond acceptors (Lipinski definition) is 15. The van der Waals surface area contributed by atoms with Crippen molar-refractivity contribution in [3.8, 4) is 0 Å². The average molecular weight is 1340 g/mol. The number of ether oxygens (including phenoxy) is 4. The average Bonchev–Trinajstić information content (AvgIpc) is 3.46. The van der Waals surface area contributed by atoms with E-state index in [2.05, 4.69) is 27.7 Å². The molecule has 0 saturated heterocycles. The summed E-state index contributed by atoms with van der Waals surface area (Å²) in [5, 5.41) is 10.6. The fourth-order valence-electron chi connectivity index (χ4n) is 11.0. The molecule has 0 aliphatic heterocycles. The first-order chi connectivity index (χ1) is 44.2. The van der Waals surface area contributed by atoms with Crippen molar-refractivity contribution in [1.82, 2.24) is 0 Å². The van der Waals surface area contributed by atoms with Crippen LogP contribution in [0.25, 0.3) is 0 Å². The lowest BCUT2D eigenvalue weighted by Gasteiger charge is -2.21. The van der Waals surface area contributed by atoms with Gasteiger partial charge in [-0.05, 0) is 25.7 Å². The molecule has 0 aliphatic carbocycles. The van der Waals surface area contributed by atoms with E-state index in [1.54, 1.807) is 0 Å². The van der Waals surface area contributed by atoms with Gasteiger partial charge >= 0.3 is 39.5 Å². The maximum absolute atomic E-state index is 13.0. The molecule has 0 rings (SSSR count). The van der Waals surface area contributed by atoms with Crippen molar-refractivity contribution in [3.05, 3.63) is 0 Å². The topological polar surface area (TPSA) is 237 Å². The minimum Gasteiger partial charge on any atom is -0.462 e. The monoisotopic (exact) mass is 1340 g/mol. The molecule has 0 aliphatic rings. The predicted octanol–water partition coefficient (Wildman–Crippen LogP) is 21.1. The Bertz CT molecular complexity index is 1740. The molecule has 540 valence electrons. The van der Waals surface area contributed by atoms with Crippen molar-refractivity contribution in [2.75, 3.05) is 39.6 Å². The summed E-state index contributed by atoms with van der Waals surface area (Å²) in [5.41, 5.74) is 0. The first kappa shape index (κ1) is 89.1. The van der Waals surface area contributed by atoms with Crippen LogP contribution in [0.3, 0.4) is 0 Å². The Hall–Kier alpha value is -1.94. The highest BCUT2D eigenvalue weighted by atomic mass is 31.2. The summed E-state index contributed by atoms with van der Waals surface area (Å²) in [4.78, 5) is 72.6. The maximum Gasteiger partial charge on any atom is 0.472 e. The molecule has 3 N–H and O–H groups in total. The number of hydrogen-bond donors (Lipinski definition) is 3. The van der Waals surface area contributed by atoms with Crippen LogP contribution in [0.2, 0.25) is 0 Å². The molecule has 0 radical (unpaired) electrons. The Labute approximate surface area is 556 Å². The SMILES string of the molecule is CCCCCCCCCCCCCCCCCCC(=O)O[C@H](COC(=O)CCCCCCCCCCCCCCCC)COP(=O)(O)OC[C@@H](O)COP(=O)(O)OC[C@@H](COC(=O)CCCCCCCCCCC)OC(=O)CCCCCCCCCCCCCC. The van der Waals surface area contributed by atoms with Crippen molar-refractivity contribution in [2.24, 2.45) is 0 Å². The van der Waals surface area contributed by atoms with Gasteiger partial charge < -0.3 is 33.8 Å². The van der Waals surface area contributed by atoms with Crippen LogP contribution in [0.5, 0.6) is 0 Å². The molecular weight excluding hydrogens is 1200 g/mol. The fraction of sp³-hybridized carbons (Fsp3) is 0.944. The van der Waals surface area contributed by atoms with Crippen LogP contribution in [0.1, 0.15) is 381 Å². The number of esters is 4. The molecule has 0 fully saturated rings. The van der Waals surface area contributed by atoms with E-state index in [1.807, 2.05) is 0 Å². The summed E-state index contributed by atoms with van der Waals surface area (Å²) in [7, 11) is -9.90. The molecular formula is C72H140O17P2. The van der Waals surface area contributed by atoms with Crippen LogP contribution in [0.4, 0.5) is 0 Å². The number of unbranched alkanes of at least 4 members (excludes halogenated alkanes) is 47. The minimum absolute atomic E-state index is 0.108. The number of carbonyl (C=O) groups is 4. The van der Waals surface area contributed by atoms with Crippen molar-refractivity contribution >= 4 is 39.5 Å². The summed E-state index contributed by atoms with van der Waals surface area (Å²) in [6.45, 7) is 4.95. The zero-order valence-electron chi connectivity index (χ0n) is 58.8. The molecule has 5 atom stereocenters. The predicted molar refractivity (Wildman–Crippen MR) is 368 cm³/mol. The lowest BCUT2D eigenvalue weighted by Crippen LogP contribution is -2.30. The Morgan fingerprint density at radius 3 is 0.648 bits per heavy atom. The van der Waals surface area contributed by atoms with Gasteiger partial charge in [-0.25, -0.2) is 9.13 Å². The highest BCUT2D eigenvalue weighted by Crippen LogP contribution is 2.45. The number of phosphoric acid groups is 2. The summed E-state index contributed by atoms with van der Waals surface area (Å²) < 4.78 is 68.3. The van der Waals surface area contributed by atoms with Crippen LogP contribution in [0.15, 0.2) is 0 Å². The van der Waals surface area contributed by atoms with E-state index >= 15 is 0 Å². The normalized spacial score (nSPS) is 14.0. The van der Waals surface area contributed by atoms with Crippen molar-refractivity contribution < 1.29 is 80.2 Å². The second-order valence-corrected chi connectivity index (χ2v) is 28.9. The molecule has 0 aromatic rings. The molecule has 0 amide bonds. The smallest absolute Gasteiger partial charge is 0.462 e. The van der Waals surface area contributed by atoms with E-state index in [-0.39, 0.29) is 25.7 Å². The van der Waals surface area contributed by atoms with Crippen molar-refractivity contribution in [1.29, 1.82) is 0 Å². The molecule has 19 heteroatoms. The van der Waals surface area contributed by atoms with Crippen LogP contribution < -0.4 is 0 Å². The number of carbonyl (C=O) groups excluding carboxylic acids is 4. The highest BCUT2D eigenvalue weighted by Gasteiger charge is 2.30. The van der Waals surface area contributed by atoms with Gasteiger partial charge in [-0.3, -0.25) is 37.3 Å². The molecule has 0 saturated carbocycles. The van der Waals surface area contributed by atoms with Gasteiger partial charge in [0.25, 0.3) is 0 Å². The number of phosphoric ester groups is 2. The number of aliphatic hydroxyl groups excluding tert-OH is 1. The Morgan fingerprint density at radius 1 is 0.264 bits per heavy atom. The molecule has 0 aromatic heterocycles. The lowest BCUT2D eigenvalue weighted by molar-refractivity contribution is -0.161. The summed E-state index contributed by atoms with van der Waals surface area (Å²) in [6, 6.07) is 0. The molecule has 0 heterocycles. The van der Waals surface area contributed by atoms with E-state index in [1.165, 1.54) is 212 Å². The molecule has 0 spiro atoms. The first-order valence-electron chi connectivity index (χ1n) is 37.8. The number of aliphatic hydroxyl groups is 1. The van der Waals surface area contributed by atoms with Gasteiger partial charge in [-0.1, -0.05) is 329 Å². The van der Waals surface area contributed by atoms with Gasteiger partial charge in [-0.2, -0.15) is 0 Å². The number of rotatable bonds is 73. The molecule has 0 aromatic carbocycles. The molecule has 17 nitrogen and oxygen atoms in total. The van der Waals surface area contributed by atoms with E-state index in [4.69, 9.17) is 37.0 Å². The van der Waals surface area contributed by atoms with Crippen LogP contribution in [0, 0.1) is 0 Å². The van der Waals surface area contributed by atoms with Gasteiger partial charge in [0, 0.05) is 25.7 Å². The van der Waals surface area contributed by atoms with Gasteiger partial charge in [0.1, 0.15) is 19.3 Å². The maximum atomic E-state index is 13.0. The third-order valence-electron chi connectivity index (χ3n) is 16.9. The summed E-state index contributed by atoms with van der Waals surface area (Å²) in [5.74, 6) is -2.12. The van der Waals surface area contributed by atoms with Crippen molar-refractivity contribution in [2.45, 2.75) is 399 Å². The molecule has 0 bridgehead atoms. The Morgan fingerprint density at radius 2 is 0.440 bits per heavy atom. The molecule has 2 unspecified atom stereocenters. The van der Waals surface area contributed by atoms with E-state index in [0.717, 1.165) is 89.9 Å². The van der Waals surface area contributed by atoms with Gasteiger partial charge in [0.05, 0.1) is 26.4 Å². The lowest BCUT2D eigenvalue weighted by atomic mass is 10.0. The van der Waals surface area contributed by atoms with Crippen LogP contribution >= 0.6 is 15.6 Å². The van der Waals surface area contributed by atoms with Gasteiger partial charge in [0.15, 0.2) is 12.2 Å². The van der Waals surface area contributed by atoms with Crippen molar-refractivity contribution in [3.63, 3.8) is 0 Å². The second-order valence-electron chi connectivity index (χ2n) is 26.0. The quantitative estimate of drug-likeness (QED) is 0.0222. The summed E-state index contributed by atoms with van der Waals surface area (Å²) >= 11 is 0. The third-order valence-corrected chi connectivity index (χ3v) is 18.8. The van der Waals surface area contributed by atoms with Gasteiger partial charge in [0.2, 0.25) is 0 Å². The van der Waals surface area contributed by atoms with E-state index in [0.29, 0.717) is 25.7 Å². The fourth-order valence-corrected chi connectivity index (χ4v) is 12.6. The Balaban J connectivity index is 5.23. The zero-order chi connectivity index (χ0) is 66.8. The van der Waals surface area contributed by atoms with Crippen LogP contribution in [-0.4, -0.2) is 96.7 Å². The van der Waals surface area contributed by atoms with Gasteiger partial charge in [-0.15, -0.1) is 0 Å². The molecule has 91 heavy (non-hydrogen) atoms. The largest absolute Gasteiger partial charge is 0.472 e. The standard InChI is InChI=1S/C72H140O17P2/c1-5-9-13-17-21-25-28-31-33-34-36-39-43-47-51-55-59-72(77)89-68(63-83-70(75)57-53-49-45-41-38-35-32-29-26-22-18-14-10-6-2)65-87-91(80,81)85-61-66(73)60-84-90(78,79)86-64-67(62-82-69(74)56-52-48-44-40-24-20-16-12-8-4)88-71(76)58-54-50-46-42-37-30-27-23-19-15-11-7-3/h66-68,73H,5-65H2,1-4H3,(H,78,79)(H,80,81)/t66-,67+,68+/m0/s1. The second kappa shape index (κ2) is 66.7. The van der Waals surface area contributed by atoms with E-state index in [9.17, 15) is 43.2 Å².